The number of likely N-dealkylation sites (tertiary alicyclic amines) is 1. The van der Waals surface area contributed by atoms with Crippen molar-refractivity contribution in [2.24, 2.45) is 11.8 Å². The first-order chi connectivity index (χ1) is 6.02. The van der Waals surface area contributed by atoms with Gasteiger partial charge in [0.2, 0.25) is 11.8 Å². The third-order valence-electron chi connectivity index (χ3n) is 2.33. The second-order valence-corrected chi connectivity index (χ2v) is 4.18. The van der Waals surface area contributed by atoms with Crippen LogP contribution >= 0.6 is 0 Å². The Morgan fingerprint density at radius 3 is 2.62 bits per heavy atom. The molecular formula is C10H17NO2. The second kappa shape index (κ2) is 3.90. The summed E-state index contributed by atoms with van der Waals surface area (Å²) in [5, 5.41) is 0. The number of piperidine rings is 1. The third kappa shape index (κ3) is 2.29. The first-order valence-corrected chi connectivity index (χ1v) is 4.86. The smallest absolute Gasteiger partial charge is 0.232 e. The molecule has 13 heavy (non-hydrogen) atoms. The van der Waals surface area contributed by atoms with E-state index < -0.39 is 0 Å². The molecular weight excluding hydrogens is 166 g/mol. The van der Waals surface area contributed by atoms with Crippen LogP contribution < -0.4 is 0 Å². The summed E-state index contributed by atoms with van der Waals surface area (Å²) in [5.41, 5.74) is 0. The Kier molecular flexibility index (Phi) is 3.07. The molecule has 1 saturated heterocycles. The summed E-state index contributed by atoms with van der Waals surface area (Å²) in [6.07, 6.45) is 1.24. The van der Waals surface area contributed by atoms with E-state index in [0.29, 0.717) is 25.3 Å². The van der Waals surface area contributed by atoms with Crippen molar-refractivity contribution in [3.8, 4) is 0 Å². The van der Waals surface area contributed by atoms with Gasteiger partial charge in [0, 0.05) is 18.9 Å². The van der Waals surface area contributed by atoms with E-state index in [4.69, 9.17) is 0 Å². The van der Waals surface area contributed by atoms with Crippen molar-refractivity contribution in [2.75, 3.05) is 6.54 Å². The first kappa shape index (κ1) is 10.2. The van der Waals surface area contributed by atoms with Crippen molar-refractivity contribution in [1.29, 1.82) is 0 Å². The topological polar surface area (TPSA) is 37.4 Å². The minimum atomic E-state index is -0.00296. The third-order valence-corrected chi connectivity index (χ3v) is 2.33. The van der Waals surface area contributed by atoms with Gasteiger partial charge in [0.15, 0.2) is 0 Å². The van der Waals surface area contributed by atoms with E-state index in [1.165, 1.54) is 4.90 Å². The molecule has 1 atom stereocenters. The van der Waals surface area contributed by atoms with E-state index in [9.17, 15) is 9.59 Å². The Morgan fingerprint density at radius 1 is 1.46 bits per heavy atom. The van der Waals surface area contributed by atoms with Crippen molar-refractivity contribution in [1.82, 2.24) is 4.90 Å². The molecule has 0 aromatic heterocycles. The van der Waals surface area contributed by atoms with Crippen LogP contribution in [0, 0.1) is 11.8 Å². The van der Waals surface area contributed by atoms with Crippen LogP contribution in [0.3, 0.4) is 0 Å². The van der Waals surface area contributed by atoms with Crippen LogP contribution in [-0.2, 0) is 9.59 Å². The highest BCUT2D eigenvalue weighted by atomic mass is 16.2. The van der Waals surface area contributed by atoms with Crippen LogP contribution in [0.25, 0.3) is 0 Å². The molecule has 74 valence electrons. The number of hydrogen-bond acceptors (Lipinski definition) is 2. The average molecular weight is 183 g/mol. The molecule has 2 amide bonds. The molecule has 0 N–H and O–H groups in total. The maximum absolute atomic E-state index is 11.6. The number of carbonyl (C=O) groups excluding carboxylic acids is 2. The molecule has 1 aliphatic heterocycles. The van der Waals surface area contributed by atoms with Gasteiger partial charge in [-0.3, -0.25) is 14.5 Å². The minimum Gasteiger partial charge on any atom is -0.282 e. The highest BCUT2D eigenvalue weighted by Crippen LogP contribution is 2.19. The fourth-order valence-corrected chi connectivity index (χ4v) is 1.54. The summed E-state index contributed by atoms with van der Waals surface area (Å²) in [6.45, 7) is 6.49. The van der Waals surface area contributed by atoms with Gasteiger partial charge >= 0.3 is 0 Å². The molecule has 0 saturated carbocycles. The molecule has 0 spiro atoms. The van der Waals surface area contributed by atoms with E-state index >= 15 is 0 Å². The molecule has 1 unspecified atom stereocenters. The normalized spacial score (nSPS) is 24.3. The zero-order chi connectivity index (χ0) is 10.0. The molecule has 3 nitrogen and oxygen atoms in total. The van der Waals surface area contributed by atoms with Gasteiger partial charge in [-0.15, -0.1) is 0 Å². The Labute approximate surface area is 79.1 Å². The summed E-state index contributed by atoms with van der Waals surface area (Å²) in [4.78, 5) is 24.4. The van der Waals surface area contributed by atoms with Gasteiger partial charge in [-0.1, -0.05) is 20.8 Å². The van der Waals surface area contributed by atoms with Gasteiger partial charge in [0.05, 0.1) is 0 Å². The van der Waals surface area contributed by atoms with E-state index in [1.807, 2.05) is 20.8 Å². The number of nitrogens with zero attached hydrogens (tertiary/aromatic N) is 1. The van der Waals surface area contributed by atoms with Crippen molar-refractivity contribution >= 4 is 11.8 Å². The van der Waals surface area contributed by atoms with Crippen LogP contribution in [0.15, 0.2) is 0 Å². The Bertz CT molecular complexity index is 223. The number of imide groups is 1. The van der Waals surface area contributed by atoms with Crippen molar-refractivity contribution in [3.05, 3.63) is 0 Å². The molecule has 0 aliphatic carbocycles. The van der Waals surface area contributed by atoms with E-state index in [1.54, 1.807) is 0 Å². The lowest BCUT2D eigenvalue weighted by atomic mass is 9.98. The van der Waals surface area contributed by atoms with Gasteiger partial charge in [0.25, 0.3) is 0 Å². The molecule has 1 heterocycles. The van der Waals surface area contributed by atoms with Crippen LogP contribution in [0.5, 0.6) is 0 Å². The van der Waals surface area contributed by atoms with E-state index in [2.05, 4.69) is 0 Å². The number of rotatable bonds is 2. The zero-order valence-electron chi connectivity index (χ0n) is 8.54. The zero-order valence-corrected chi connectivity index (χ0v) is 8.54. The van der Waals surface area contributed by atoms with E-state index in [0.717, 1.165) is 0 Å². The monoisotopic (exact) mass is 183 g/mol. The molecule has 0 bridgehead atoms. The minimum absolute atomic E-state index is 0.00296. The number of carbonyl (C=O) groups is 2. The van der Waals surface area contributed by atoms with Crippen molar-refractivity contribution in [2.45, 2.75) is 33.6 Å². The Balaban J connectivity index is 2.67. The predicted molar refractivity (Wildman–Crippen MR) is 50.0 cm³/mol. The second-order valence-electron chi connectivity index (χ2n) is 4.18. The molecule has 1 aliphatic rings. The van der Waals surface area contributed by atoms with Gasteiger partial charge in [-0.25, -0.2) is 0 Å². The van der Waals surface area contributed by atoms with Crippen LogP contribution in [0.4, 0.5) is 0 Å². The largest absolute Gasteiger partial charge is 0.282 e. The van der Waals surface area contributed by atoms with Gasteiger partial charge in [-0.2, -0.15) is 0 Å². The Morgan fingerprint density at radius 2 is 2.08 bits per heavy atom. The Hall–Kier alpha value is -0.860. The van der Waals surface area contributed by atoms with E-state index in [-0.39, 0.29) is 17.7 Å². The maximum atomic E-state index is 11.6. The van der Waals surface area contributed by atoms with Crippen LogP contribution in [-0.4, -0.2) is 23.3 Å². The fourth-order valence-electron chi connectivity index (χ4n) is 1.54. The standard InChI is InChI=1S/C10H17NO2/c1-7(2)6-11-9(12)5-4-8(3)10(11)13/h7-8H,4-6H2,1-3H3. The van der Waals surface area contributed by atoms with Gasteiger partial charge < -0.3 is 0 Å². The lowest BCUT2D eigenvalue weighted by Crippen LogP contribution is -2.45. The SMILES string of the molecule is CC(C)CN1C(=O)CCC(C)C1=O. The predicted octanol–water partition coefficient (Wildman–Crippen LogP) is 1.43. The summed E-state index contributed by atoms with van der Waals surface area (Å²) in [7, 11) is 0. The highest BCUT2D eigenvalue weighted by Gasteiger charge is 2.31. The summed E-state index contributed by atoms with van der Waals surface area (Å²) >= 11 is 0. The fraction of sp³-hybridized carbons (Fsp3) is 0.800. The van der Waals surface area contributed by atoms with Crippen LogP contribution in [0.2, 0.25) is 0 Å². The summed E-state index contributed by atoms with van der Waals surface area (Å²) in [5.74, 6) is 0.386. The number of hydrogen-bond donors (Lipinski definition) is 0. The molecule has 0 radical (unpaired) electrons. The average Bonchev–Trinajstić information content (AvgIpc) is 2.05. The van der Waals surface area contributed by atoms with Gasteiger partial charge in [0.1, 0.15) is 0 Å². The summed E-state index contributed by atoms with van der Waals surface area (Å²) in [6, 6.07) is 0. The van der Waals surface area contributed by atoms with Crippen molar-refractivity contribution in [3.63, 3.8) is 0 Å². The molecule has 0 aromatic carbocycles. The molecule has 0 aromatic rings. The van der Waals surface area contributed by atoms with Crippen LogP contribution in [0.1, 0.15) is 33.6 Å². The molecule has 1 fully saturated rings. The first-order valence-electron chi connectivity index (χ1n) is 4.86. The number of amides is 2. The van der Waals surface area contributed by atoms with Gasteiger partial charge in [-0.05, 0) is 12.3 Å². The lowest BCUT2D eigenvalue weighted by Gasteiger charge is -2.29. The lowest BCUT2D eigenvalue weighted by molar-refractivity contribution is -0.151. The molecule has 3 heteroatoms. The highest BCUT2D eigenvalue weighted by molar-refractivity contribution is 5.98. The quantitative estimate of drug-likeness (QED) is 0.607. The maximum Gasteiger partial charge on any atom is 0.232 e. The summed E-state index contributed by atoms with van der Waals surface area (Å²) < 4.78 is 0. The van der Waals surface area contributed by atoms with Crippen molar-refractivity contribution < 1.29 is 9.59 Å². The molecule has 1 rings (SSSR count).